The van der Waals surface area contributed by atoms with Crippen molar-refractivity contribution in [3.8, 4) is 0 Å². The number of rotatable bonds is 6. The molecule has 1 aliphatic heterocycles. The van der Waals surface area contributed by atoms with Gasteiger partial charge < -0.3 is 5.11 Å². The van der Waals surface area contributed by atoms with Crippen LogP contribution in [-0.4, -0.2) is 55.2 Å². The zero-order valence-corrected chi connectivity index (χ0v) is 19.1. The summed E-state index contributed by atoms with van der Waals surface area (Å²) in [6, 6.07) is 12.5. The molecule has 1 aliphatic rings. The molecule has 0 fully saturated rings. The maximum atomic E-state index is 10.6. The molecule has 0 radical (unpaired) electrons. The van der Waals surface area contributed by atoms with Crippen molar-refractivity contribution in [2.24, 2.45) is 0 Å². The van der Waals surface area contributed by atoms with Crippen LogP contribution in [0.5, 0.6) is 0 Å². The van der Waals surface area contributed by atoms with E-state index in [1.165, 1.54) is 22.5 Å². The Labute approximate surface area is 195 Å². The number of aryl methyl sites for hydroxylation is 3. The minimum atomic E-state index is -5.08. The average molecular weight is 476 g/mol. The van der Waals surface area contributed by atoms with E-state index in [9.17, 15) is 13.2 Å². The van der Waals surface area contributed by atoms with E-state index in [1.807, 2.05) is 6.07 Å². The molecule has 2 aromatic heterocycles. The third-order valence-electron chi connectivity index (χ3n) is 5.47. The van der Waals surface area contributed by atoms with E-state index in [1.54, 1.807) is 0 Å². The molecule has 3 heterocycles. The lowest BCUT2D eigenvalue weighted by Gasteiger charge is -2.26. The molecule has 34 heavy (non-hydrogen) atoms. The molecule has 0 saturated heterocycles. The van der Waals surface area contributed by atoms with Gasteiger partial charge in [-0.2, -0.15) is 23.4 Å². The number of carboxylic acids is 1. The second-order valence-electron chi connectivity index (χ2n) is 8.14. The lowest BCUT2D eigenvalue weighted by Crippen LogP contribution is -2.32. The fourth-order valence-corrected chi connectivity index (χ4v) is 3.79. The van der Waals surface area contributed by atoms with Crippen LogP contribution in [0.4, 0.5) is 13.2 Å². The summed E-state index contributed by atoms with van der Waals surface area (Å²) in [5.41, 5.74) is 7.25. The number of fused-ring (bicyclic) bond motifs is 1. The highest BCUT2D eigenvalue weighted by Gasteiger charge is 2.38. The minimum Gasteiger partial charge on any atom is -0.475 e. The summed E-state index contributed by atoms with van der Waals surface area (Å²) < 4.78 is 33.9. The van der Waals surface area contributed by atoms with Crippen molar-refractivity contribution < 1.29 is 23.1 Å². The van der Waals surface area contributed by atoms with Gasteiger partial charge in [-0.1, -0.05) is 36.4 Å². The number of aliphatic carboxylic acids is 1. The Kier molecular flexibility index (Phi) is 8.27. The summed E-state index contributed by atoms with van der Waals surface area (Å²) in [5, 5.41) is 19.5. The monoisotopic (exact) mass is 475 g/mol. The van der Waals surface area contributed by atoms with E-state index in [0.29, 0.717) is 0 Å². The molecule has 0 bridgehead atoms. The zero-order valence-electron chi connectivity index (χ0n) is 19.1. The molecule has 0 saturated carbocycles. The number of nitrogens with zero attached hydrogens (tertiary/aromatic N) is 4. The second kappa shape index (κ2) is 11.1. The number of benzene rings is 1. The second-order valence-corrected chi connectivity index (χ2v) is 8.14. The van der Waals surface area contributed by atoms with Gasteiger partial charge >= 0.3 is 12.1 Å². The molecule has 0 atom stereocenters. The number of hydrogen-bond donors (Lipinski definition) is 2. The Hall–Kier alpha value is -3.40. The highest BCUT2D eigenvalue weighted by Crippen LogP contribution is 2.22. The summed E-state index contributed by atoms with van der Waals surface area (Å²) >= 11 is 0. The maximum Gasteiger partial charge on any atom is 0.490 e. The largest absolute Gasteiger partial charge is 0.490 e. The lowest BCUT2D eigenvalue weighted by atomic mass is 10.0. The van der Waals surface area contributed by atoms with E-state index in [4.69, 9.17) is 9.90 Å². The lowest BCUT2D eigenvalue weighted by molar-refractivity contribution is -0.192. The van der Waals surface area contributed by atoms with Crippen molar-refractivity contribution in [1.82, 2.24) is 24.9 Å². The van der Waals surface area contributed by atoms with Crippen LogP contribution in [0.2, 0.25) is 0 Å². The van der Waals surface area contributed by atoms with Gasteiger partial charge in [0.15, 0.2) is 0 Å². The van der Waals surface area contributed by atoms with Gasteiger partial charge in [-0.15, -0.1) is 0 Å². The van der Waals surface area contributed by atoms with Crippen molar-refractivity contribution in [2.45, 2.75) is 46.0 Å². The van der Waals surface area contributed by atoms with Gasteiger partial charge in [-0.25, -0.2) is 4.79 Å². The smallest absolute Gasteiger partial charge is 0.475 e. The molecular formula is C24H28F3N5O2. The summed E-state index contributed by atoms with van der Waals surface area (Å²) in [5.74, 6) is -2.76. The first kappa shape index (κ1) is 25.2. The van der Waals surface area contributed by atoms with Crippen LogP contribution in [0.25, 0.3) is 12.2 Å². The molecular weight excluding hydrogens is 447 g/mol. The number of hydrogen-bond acceptors (Lipinski definition) is 4. The van der Waals surface area contributed by atoms with Crippen molar-refractivity contribution in [1.29, 1.82) is 0 Å². The molecule has 3 aromatic rings. The number of carboxylic acid groups (broad SMARTS) is 1. The van der Waals surface area contributed by atoms with Crippen LogP contribution in [0, 0.1) is 13.8 Å². The summed E-state index contributed by atoms with van der Waals surface area (Å²) in [6.07, 6.45) is 1.34. The van der Waals surface area contributed by atoms with E-state index < -0.39 is 12.1 Å². The molecule has 7 nitrogen and oxygen atoms in total. The van der Waals surface area contributed by atoms with E-state index in [-0.39, 0.29) is 0 Å². The van der Waals surface area contributed by atoms with E-state index >= 15 is 0 Å². The van der Waals surface area contributed by atoms with Crippen LogP contribution >= 0.6 is 0 Å². The molecule has 0 unspecified atom stereocenters. The van der Waals surface area contributed by atoms with Crippen molar-refractivity contribution in [2.75, 3.05) is 13.1 Å². The minimum absolute atomic E-state index is 0.970. The van der Waals surface area contributed by atoms with Gasteiger partial charge in [0.05, 0.1) is 11.4 Å². The van der Waals surface area contributed by atoms with Gasteiger partial charge in [0.25, 0.3) is 0 Å². The quantitative estimate of drug-likeness (QED) is 0.549. The molecule has 4 rings (SSSR count). The first-order valence-corrected chi connectivity index (χ1v) is 11.0. The molecule has 10 heteroatoms. The topological polar surface area (TPSA) is 87.0 Å². The average Bonchev–Trinajstić information content (AvgIpc) is 3.34. The van der Waals surface area contributed by atoms with Gasteiger partial charge in [0.2, 0.25) is 0 Å². The molecule has 2 N–H and O–H groups in total. The number of halogens is 3. The number of H-pyrrole nitrogens is 1. The number of alkyl halides is 3. The molecule has 182 valence electrons. The van der Waals surface area contributed by atoms with Crippen LogP contribution in [-0.2, 0) is 24.3 Å². The predicted molar refractivity (Wildman–Crippen MR) is 123 cm³/mol. The Bertz CT molecular complexity index is 1120. The van der Waals surface area contributed by atoms with Gasteiger partial charge in [0.1, 0.15) is 0 Å². The third kappa shape index (κ3) is 7.05. The number of aromatic amines is 1. The van der Waals surface area contributed by atoms with E-state index in [0.717, 1.165) is 50.4 Å². The Morgan fingerprint density at radius 1 is 1.18 bits per heavy atom. The molecule has 0 aliphatic carbocycles. The van der Waals surface area contributed by atoms with Crippen LogP contribution < -0.4 is 0 Å². The fraction of sp³-hybridized carbons (Fsp3) is 0.375. The zero-order chi connectivity index (χ0) is 24.7. The summed E-state index contributed by atoms with van der Waals surface area (Å²) in [7, 11) is 0. The van der Waals surface area contributed by atoms with Crippen LogP contribution in [0.3, 0.4) is 0 Å². The highest BCUT2D eigenvalue weighted by atomic mass is 19.4. The maximum absolute atomic E-state index is 10.6. The van der Waals surface area contributed by atoms with E-state index in [2.05, 4.69) is 81.2 Å². The van der Waals surface area contributed by atoms with Crippen LogP contribution in [0.15, 0.2) is 36.4 Å². The molecule has 1 aromatic carbocycles. The predicted octanol–water partition coefficient (Wildman–Crippen LogP) is 4.48. The van der Waals surface area contributed by atoms with Crippen molar-refractivity contribution in [3.63, 3.8) is 0 Å². The Morgan fingerprint density at radius 2 is 1.88 bits per heavy atom. The molecule has 0 spiro atoms. The fourth-order valence-electron chi connectivity index (χ4n) is 3.79. The van der Waals surface area contributed by atoms with Crippen LogP contribution in [0.1, 0.15) is 40.3 Å². The highest BCUT2D eigenvalue weighted by molar-refractivity contribution is 5.73. The van der Waals surface area contributed by atoms with Crippen molar-refractivity contribution in [3.05, 3.63) is 70.3 Å². The number of aromatic nitrogens is 4. The van der Waals surface area contributed by atoms with Gasteiger partial charge in [-0.05, 0) is 38.0 Å². The van der Waals surface area contributed by atoms with Crippen molar-refractivity contribution >= 4 is 18.1 Å². The third-order valence-corrected chi connectivity index (χ3v) is 5.47. The number of carbonyl (C=O) groups is 1. The van der Waals surface area contributed by atoms with Gasteiger partial charge in [-0.3, -0.25) is 14.7 Å². The summed E-state index contributed by atoms with van der Waals surface area (Å²) in [6.45, 7) is 8.31. The normalized spacial score (nSPS) is 14.0. The first-order valence-electron chi connectivity index (χ1n) is 11.0. The summed E-state index contributed by atoms with van der Waals surface area (Å²) in [4.78, 5) is 11.4. The Balaban J connectivity index is 0.000000406. The number of nitrogens with one attached hydrogen (secondary N) is 1. The molecule has 0 amide bonds. The Morgan fingerprint density at radius 3 is 2.50 bits per heavy atom. The van der Waals surface area contributed by atoms with Gasteiger partial charge in [0, 0.05) is 49.6 Å². The SMILES string of the molecule is Cc1cc(C)n(CCCN2CCc3[nH]nc(/C=C/c4ccccc4)c3C2)n1.O=C(O)C(F)(F)F. The first-order chi connectivity index (χ1) is 16.1. The standard InChI is InChI=1S/C22H27N5.C2HF3O2/c1-17-15-18(2)27(25-17)13-6-12-26-14-11-22-20(16-26)21(23-24-22)10-9-19-7-4-3-5-8-19;3-2(4,5)1(6)7/h3-5,7-10,15H,6,11-14,16H2,1-2H3,(H,23,24);(H,6,7)/b10-9+;.